The first-order valence-corrected chi connectivity index (χ1v) is 11.4. The van der Waals surface area contributed by atoms with Crippen LogP contribution in [0.2, 0.25) is 0 Å². The van der Waals surface area contributed by atoms with Crippen molar-refractivity contribution in [3.63, 3.8) is 0 Å². The molecule has 1 aromatic carbocycles. The highest BCUT2D eigenvalue weighted by molar-refractivity contribution is 14.1. The quantitative estimate of drug-likeness (QED) is 0.619. The van der Waals surface area contributed by atoms with Crippen LogP contribution in [0.25, 0.3) is 0 Å². The fourth-order valence-electron chi connectivity index (χ4n) is 2.44. The standard InChI is InChI=1S/C17H24IN3O5S/c1-17(2,3)26-16(23)21-9-7-20(8-10-21)15(22)19-14-6-5-12(11-13(14)18)27(4,24)25/h5-6,11H,7-10H2,1-4H3,(H,19,22). The molecule has 2 rings (SSSR count). The number of hydrogen-bond acceptors (Lipinski definition) is 5. The summed E-state index contributed by atoms with van der Waals surface area (Å²) in [5.74, 6) is 0. The second-order valence-corrected chi connectivity index (χ2v) is 10.5. The van der Waals surface area contributed by atoms with E-state index in [1.54, 1.807) is 15.9 Å². The van der Waals surface area contributed by atoms with Gasteiger partial charge in [0.15, 0.2) is 9.84 Å². The number of carbonyl (C=O) groups is 2. The third-order valence-corrected chi connectivity index (χ3v) is 5.83. The van der Waals surface area contributed by atoms with E-state index >= 15 is 0 Å². The van der Waals surface area contributed by atoms with Gasteiger partial charge in [0.05, 0.1) is 10.6 Å². The number of ether oxygens (including phenoxy) is 1. The van der Waals surface area contributed by atoms with Crippen molar-refractivity contribution in [2.45, 2.75) is 31.3 Å². The molecule has 0 aliphatic carbocycles. The molecular formula is C17H24IN3O5S. The molecule has 1 N–H and O–H groups in total. The molecule has 0 atom stereocenters. The maximum atomic E-state index is 12.5. The van der Waals surface area contributed by atoms with Gasteiger partial charge in [-0.1, -0.05) is 0 Å². The van der Waals surface area contributed by atoms with Gasteiger partial charge >= 0.3 is 12.1 Å². The van der Waals surface area contributed by atoms with Gasteiger partial charge in [-0.15, -0.1) is 0 Å². The first-order chi connectivity index (χ1) is 12.4. The van der Waals surface area contributed by atoms with E-state index < -0.39 is 15.4 Å². The third-order valence-electron chi connectivity index (χ3n) is 3.83. The lowest BCUT2D eigenvalue weighted by Crippen LogP contribution is -2.52. The van der Waals surface area contributed by atoms with E-state index in [2.05, 4.69) is 5.32 Å². The second kappa shape index (κ2) is 8.21. The number of sulfone groups is 1. The molecule has 0 spiro atoms. The van der Waals surface area contributed by atoms with Crippen molar-refractivity contribution in [1.29, 1.82) is 0 Å². The summed E-state index contributed by atoms with van der Waals surface area (Å²) in [5, 5.41) is 2.79. The first kappa shape index (κ1) is 21.7. The molecule has 0 saturated carbocycles. The summed E-state index contributed by atoms with van der Waals surface area (Å²) in [6, 6.07) is 4.27. The van der Waals surface area contributed by atoms with E-state index in [9.17, 15) is 18.0 Å². The molecular weight excluding hydrogens is 485 g/mol. The minimum absolute atomic E-state index is 0.205. The first-order valence-electron chi connectivity index (χ1n) is 8.40. The Hall–Kier alpha value is -1.56. The van der Waals surface area contributed by atoms with Crippen LogP contribution in [0.5, 0.6) is 0 Å². The molecule has 27 heavy (non-hydrogen) atoms. The molecule has 1 aromatic rings. The van der Waals surface area contributed by atoms with Crippen molar-refractivity contribution in [3.05, 3.63) is 21.8 Å². The Balaban J connectivity index is 1.94. The van der Waals surface area contributed by atoms with Crippen LogP contribution in [0.1, 0.15) is 20.8 Å². The smallest absolute Gasteiger partial charge is 0.410 e. The fraction of sp³-hybridized carbons (Fsp3) is 0.529. The molecule has 1 aliphatic heterocycles. The highest BCUT2D eigenvalue weighted by Crippen LogP contribution is 2.23. The van der Waals surface area contributed by atoms with Gasteiger partial charge in [-0.2, -0.15) is 0 Å². The van der Waals surface area contributed by atoms with Crippen LogP contribution in [-0.2, 0) is 14.6 Å². The number of piperazine rings is 1. The molecule has 1 fully saturated rings. The Morgan fingerprint density at radius 3 is 2.15 bits per heavy atom. The van der Waals surface area contributed by atoms with E-state index in [0.29, 0.717) is 35.4 Å². The van der Waals surface area contributed by atoms with Crippen molar-refractivity contribution >= 4 is 50.2 Å². The Morgan fingerprint density at radius 1 is 1.11 bits per heavy atom. The lowest BCUT2D eigenvalue weighted by atomic mass is 10.2. The number of anilines is 1. The molecule has 8 nitrogen and oxygen atoms in total. The number of urea groups is 1. The van der Waals surface area contributed by atoms with Crippen molar-refractivity contribution < 1.29 is 22.7 Å². The second-order valence-electron chi connectivity index (χ2n) is 7.30. The lowest BCUT2D eigenvalue weighted by Gasteiger charge is -2.35. The summed E-state index contributed by atoms with van der Waals surface area (Å²) in [5.41, 5.74) is -0.0111. The molecule has 150 valence electrons. The maximum absolute atomic E-state index is 12.5. The number of hydrogen-bond donors (Lipinski definition) is 1. The molecule has 0 unspecified atom stereocenters. The van der Waals surface area contributed by atoms with Gasteiger partial charge in [0, 0.05) is 36.0 Å². The van der Waals surface area contributed by atoms with E-state index in [1.165, 1.54) is 12.1 Å². The predicted molar refractivity (Wildman–Crippen MR) is 111 cm³/mol. The van der Waals surface area contributed by atoms with Gasteiger partial charge in [0.25, 0.3) is 0 Å². The minimum atomic E-state index is -3.30. The van der Waals surface area contributed by atoms with E-state index in [-0.39, 0.29) is 17.0 Å². The van der Waals surface area contributed by atoms with Crippen LogP contribution in [0.4, 0.5) is 15.3 Å². The van der Waals surface area contributed by atoms with Gasteiger partial charge < -0.3 is 19.9 Å². The van der Waals surface area contributed by atoms with Crippen molar-refractivity contribution in [3.8, 4) is 0 Å². The normalized spacial score (nSPS) is 15.4. The number of nitrogens with zero attached hydrogens (tertiary/aromatic N) is 2. The van der Waals surface area contributed by atoms with Crippen LogP contribution in [-0.4, -0.2) is 68.4 Å². The van der Waals surface area contributed by atoms with Gasteiger partial charge in [-0.3, -0.25) is 0 Å². The highest BCUT2D eigenvalue weighted by atomic mass is 127. The molecule has 1 heterocycles. The van der Waals surface area contributed by atoms with Crippen molar-refractivity contribution in [1.82, 2.24) is 9.80 Å². The number of nitrogens with one attached hydrogen (secondary N) is 1. The Morgan fingerprint density at radius 2 is 1.67 bits per heavy atom. The summed E-state index contributed by atoms with van der Waals surface area (Å²) in [6.07, 6.45) is 0.759. The predicted octanol–water partition coefficient (Wildman–Crippen LogP) is 2.78. The van der Waals surface area contributed by atoms with Gasteiger partial charge in [-0.25, -0.2) is 18.0 Å². The van der Waals surface area contributed by atoms with Crippen LogP contribution in [0, 0.1) is 3.57 Å². The average molecular weight is 509 g/mol. The van der Waals surface area contributed by atoms with Crippen LogP contribution < -0.4 is 5.32 Å². The molecule has 0 aromatic heterocycles. The van der Waals surface area contributed by atoms with Crippen molar-refractivity contribution in [2.75, 3.05) is 37.8 Å². The zero-order chi connectivity index (χ0) is 20.4. The average Bonchev–Trinajstić information content (AvgIpc) is 2.54. The third kappa shape index (κ3) is 6.23. The molecule has 10 heteroatoms. The maximum Gasteiger partial charge on any atom is 0.410 e. The number of carbonyl (C=O) groups excluding carboxylic acids is 2. The van der Waals surface area contributed by atoms with Gasteiger partial charge in [-0.05, 0) is 61.6 Å². The summed E-state index contributed by atoms with van der Waals surface area (Å²) in [4.78, 5) is 27.9. The van der Waals surface area contributed by atoms with Crippen LogP contribution >= 0.6 is 22.6 Å². The Kier molecular flexibility index (Phi) is 6.61. The molecule has 0 radical (unpaired) electrons. The summed E-state index contributed by atoms with van der Waals surface area (Å²) in [6.45, 7) is 7.01. The summed E-state index contributed by atoms with van der Waals surface area (Å²) >= 11 is 1.99. The van der Waals surface area contributed by atoms with E-state index in [0.717, 1.165) is 6.26 Å². The number of benzene rings is 1. The monoisotopic (exact) mass is 509 g/mol. The van der Waals surface area contributed by atoms with E-state index in [1.807, 2.05) is 43.4 Å². The summed E-state index contributed by atoms with van der Waals surface area (Å²) < 4.78 is 29.2. The zero-order valence-corrected chi connectivity index (χ0v) is 18.8. The van der Waals surface area contributed by atoms with Crippen LogP contribution in [0.3, 0.4) is 0 Å². The minimum Gasteiger partial charge on any atom is -0.444 e. The molecule has 0 bridgehead atoms. The fourth-order valence-corrected chi connectivity index (χ4v) is 3.95. The van der Waals surface area contributed by atoms with Crippen LogP contribution in [0.15, 0.2) is 23.1 Å². The summed E-state index contributed by atoms with van der Waals surface area (Å²) in [7, 11) is -3.30. The molecule has 1 aliphatic rings. The highest BCUT2D eigenvalue weighted by Gasteiger charge is 2.27. The lowest BCUT2D eigenvalue weighted by molar-refractivity contribution is 0.0174. The number of amides is 3. The number of rotatable bonds is 2. The van der Waals surface area contributed by atoms with Gasteiger partial charge in [0.1, 0.15) is 5.60 Å². The largest absolute Gasteiger partial charge is 0.444 e. The molecule has 1 saturated heterocycles. The zero-order valence-electron chi connectivity index (χ0n) is 15.8. The molecule has 3 amide bonds. The van der Waals surface area contributed by atoms with E-state index in [4.69, 9.17) is 4.74 Å². The van der Waals surface area contributed by atoms with Crippen molar-refractivity contribution in [2.24, 2.45) is 0 Å². The van der Waals surface area contributed by atoms with Gasteiger partial charge in [0.2, 0.25) is 0 Å². The Labute approximate surface area is 173 Å². The Bertz CT molecular complexity index is 827. The number of halogens is 1. The SMILES string of the molecule is CC(C)(C)OC(=O)N1CCN(C(=O)Nc2ccc(S(C)(=O)=O)cc2I)CC1. The topological polar surface area (TPSA) is 96.0 Å².